The largest absolute Gasteiger partial charge is 0.409 e. The van der Waals surface area contributed by atoms with E-state index in [0.717, 1.165) is 19.5 Å². The number of methoxy groups -OCH3 is 1. The Balaban J connectivity index is 3.18. The monoisotopic (exact) mass is 219 g/mol. The second-order valence-corrected chi connectivity index (χ2v) is 3.34. The summed E-state index contributed by atoms with van der Waals surface area (Å²) in [5.74, 6) is 0.246. The fourth-order valence-corrected chi connectivity index (χ4v) is 1.11. The first kappa shape index (κ1) is 14.2. The predicted molar refractivity (Wildman–Crippen MR) is 58.0 cm³/mol. The third-order valence-corrected chi connectivity index (χ3v) is 1.93. The molecule has 0 aliphatic carbocycles. The fourth-order valence-electron chi connectivity index (χ4n) is 1.11. The van der Waals surface area contributed by atoms with Gasteiger partial charge in [0, 0.05) is 13.5 Å². The number of nitrogens with one attached hydrogen (secondary N) is 1. The average molecular weight is 219 g/mol. The van der Waals surface area contributed by atoms with Gasteiger partial charge in [0.1, 0.15) is 5.84 Å². The van der Waals surface area contributed by atoms with Crippen LogP contribution >= 0.6 is 0 Å². The molecule has 0 aromatic carbocycles. The SMILES string of the molecule is COCC(O)CCNCCCC(N)=NO. The molecule has 6 nitrogen and oxygen atoms in total. The first-order valence-electron chi connectivity index (χ1n) is 5.04. The second-order valence-electron chi connectivity index (χ2n) is 3.34. The first-order chi connectivity index (χ1) is 7.20. The summed E-state index contributed by atoms with van der Waals surface area (Å²) in [5, 5.41) is 23.6. The summed E-state index contributed by atoms with van der Waals surface area (Å²) in [6, 6.07) is 0. The van der Waals surface area contributed by atoms with E-state index in [2.05, 4.69) is 10.5 Å². The molecule has 0 aromatic heterocycles. The van der Waals surface area contributed by atoms with Crippen molar-refractivity contribution < 1.29 is 15.1 Å². The number of aliphatic hydroxyl groups is 1. The van der Waals surface area contributed by atoms with Crippen molar-refractivity contribution in [2.24, 2.45) is 10.9 Å². The number of amidine groups is 1. The molecule has 0 fully saturated rings. The molecule has 0 aromatic rings. The van der Waals surface area contributed by atoms with Gasteiger partial charge in [0.15, 0.2) is 0 Å². The van der Waals surface area contributed by atoms with Gasteiger partial charge in [-0.15, -0.1) is 0 Å². The molecule has 1 unspecified atom stereocenters. The zero-order valence-electron chi connectivity index (χ0n) is 9.15. The van der Waals surface area contributed by atoms with Crippen molar-refractivity contribution in [2.75, 3.05) is 26.8 Å². The molecule has 0 saturated carbocycles. The molecule has 0 spiro atoms. The number of ether oxygens (including phenoxy) is 1. The normalized spacial score (nSPS) is 14.1. The van der Waals surface area contributed by atoms with E-state index in [9.17, 15) is 5.11 Å². The van der Waals surface area contributed by atoms with Crippen LogP contribution in [0.3, 0.4) is 0 Å². The lowest BCUT2D eigenvalue weighted by atomic mass is 10.2. The summed E-state index contributed by atoms with van der Waals surface area (Å²) < 4.78 is 4.79. The van der Waals surface area contributed by atoms with Crippen LogP contribution in [0.4, 0.5) is 0 Å². The summed E-state index contributed by atoms with van der Waals surface area (Å²) >= 11 is 0. The Bertz CT molecular complexity index is 176. The van der Waals surface area contributed by atoms with Gasteiger partial charge in [-0.3, -0.25) is 0 Å². The van der Waals surface area contributed by atoms with Crippen molar-refractivity contribution in [3.05, 3.63) is 0 Å². The van der Waals surface area contributed by atoms with Crippen LogP contribution in [0.25, 0.3) is 0 Å². The van der Waals surface area contributed by atoms with Crippen LogP contribution in [-0.2, 0) is 4.74 Å². The Morgan fingerprint density at radius 1 is 1.53 bits per heavy atom. The van der Waals surface area contributed by atoms with Gasteiger partial charge in [0.2, 0.25) is 0 Å². The van der Waals surface area contributed by atoms with Crippen molar-refractivity contribution >= 4 is 5.84 Å². The van der Waals surface area contributed by atoms with Gasteiger partial charge in [-0.05, 0) is 25.9 Å². The molecule has 0 heterocycles. The van der Waals surface area contributed by atoms with E-state index in [1.54, 1.807) is 7.11 Å². The van der Waals surface area contributed by atoms with Gasteiger partial charge in [-0.25, -0.2) is 0 Å². The standard InChI is InChI=1S/C9H21N3O3/c1-15-7-8(13)4-6-11-5-2-3-9(10)12-14/h8,11,13-14H,2-7H2,1H3,(H2,10,12). The van der Waals surface area contributed by atoms with E-state index in [4.69, 9.17) is 15.7 Å². The van der Waals surface area contributed by atoms with Crippen molar-refractivity contribution in [3.63, 3.8) is 0 Å². The molecule has 0 bridgehead atoms. The number of nitrogens with two attached hydrogens (primary N) is 1. The lowest BCUT2D eigenvalue weighted by Crippen LogP contribution is -2.24. The Hall–Kier alpha value is -0.850. The second kappa shape index (κ2) is 9.70. The van der Waals surface area contributed by atoms with Crippen LogP contribution in [0.1, 0.15) is 19.3 Å². The topological polar surface area (TPSA) is 100 Å². The van der Waals surface area contributed by atoms with Crippen LogP contribution in [0.2, 0.25) is 0 Å². The molecule has 90 valence electrons. The number of hydrogen-bond acceptors (Lipinski definition) is 5. The Kier molecular flexibility index (Phi) is 9.15. The maximum absolute atomic E-state index is 9.29. The highest BCUT2D eigenvalue weighted by Crippen LogP contribution is 1.91. The van der Waals surface area contributed by atoms with E-state index in [0.29, 0.717) is 19.4 Å². The maximum atomic E-state index is 9.29. The molecular formula is C9H21N3O3. The zero-order valence-corrected chi connectivity index (χ0v) is 9.15. The summed E-state index contributed by atoms with van der Waals surface area (Å²) in [6.07, 6.45) is 1.64. The highest BCUT2D eigenvalue weighted by molar-refractivity contribution is 5.79. The number of nitrogens with zero attached hydrogens (tertiary/aromatic N) is 1. The Labute approximate surface area is 90.1 Å². The maximum Gasteiger partial charge on any atom is 0.139 e. The lowest BCUT2D eigenvalue weighted by molar-refractivity contribution is 0.0595. The third-order valence-electron chi connectivity index (χ3n) is 1.93. The molecule has 1 atom stereocenters. The molecule has 0 aliphatic rings. The van der Waals surface area contributed by atoms with E-state index in [-0.39, 0.29) is 5.84 Å². The molecule has 0 radical (unpaired) electrons. The van der Waals surface area contributed by atoms with Gasteiger partial charge in [0.25, 0.3) is 0 Å². The first-order valence-corrected chi connectivity index (χ1v) is 5.04. The molecular weight excluding hydrogens is 198 g/mol. The third kappa shape index (κ3) is 9.45. The number of aliphatic hydroxyl groups excluding tert-OH is 1. The van der Waals surface area contributed by atoms with E-state index in [1.807, 2.05) is 0 Å². The molecule has 0 amide bonds. The minimum Gasteiger partial charge on any atom is -0.409 e. The number of hydrogen-bond donors (Lipinski definition) is 4. The van der Waals surface area contributed by atoms with Crippen molar-refractivity contribution in [1.82, 2.24) is 5.32 Å². The van der Waals surface area contributed by atoms with Gasteiger partial charge < -0.3 is 26.1 Å². The predicted octanol–water partition coefficient (Wildman–Crippen LogP) is -0.500. The van der Waals surface area contributed by atoms with Crippen molar-refractivity contribution in [2.45, 2.75) is 25.4 Å². The van der Waals surface area contributed by atoms with Crippen LogP contribution in [0.5, 0.6) is 0 Å². The molecule has 6 heteroatoms. The molecule has 0 aliphatic heterocycles. The van der Waals surface area contributed by atoms with Gasteiger partial charge in [0.05, 0.1) is 12.7 Å². The number of rotatable bonds is 9. The summed E-state index contributed by atoms with van der Waals surface area (Å²) in [7, 11) is 1.56. The van der Waals surface area contributed by atoms with Gasteiger partial charge in [-0.2, -0.15) is 0 Å². The highest BCUT2D eigenvalue weighted by atomic mass is 16.5. The molecule has 0 saturated heterocycles. The smallest absolute Gasteiger partial charge is 0.139 e. The summed E-state index contributed by atoms with van der Waals surface area (Å²) in [6.45, 7) is 1.89. The lowest BCUT2D eigenvalue weighted by Gasteiger charge is -2.09. The number of oxime groups is 1. The minimum absolute atomic E-state index is 0.246. The quantitative estimate of drug-likeness (QED) is 0.138. The van der Waals surface area contributed by atoms with Crippen LogP contribution in [0.15, 0.2) is 5.16 Å². The summed E-state index contributed by atoms with van der Waals surface area (Å²) in [4.78, 5) is 0. The van der Waals surface area contributed by atoms with Crippen LogP contribution < -0.4 is 11.1 Å². The molecule has 5 N–H and O–H groups in total. The summed E-state index contributed by atoms with van der Waals surface area (Å²) in [5.41, 5.74) is 5.29. The van der Waals surface area contributed by atoms with E-state index in [1.165, 1.54) is 0 Å². The van der Waals surface area contributed by atoms with Gasteiger partial charge in [-0.1, -0.05) is 5.16 Å². The van der Waals surface area contributed by atoms with Crippen LogP contribution in [0, 0.1) is 0 Å². The van der Waals surface area contributed by atoms with Crippen molar-refractivity contribution in [3.8, 4) is 0 Å². The van der Waals surface area contributed by atoms with E-state index >= 15 is 0 Å². The van der Waals surface area contributed by atoms with Crippen molar-refractivity contribution in [1.29, 1.82) is 0 Å². The minimum atomic E-state index is -0.411. The highest BCUT2D eigenvalue weighted by Gasteiger charge is 2.01. The Morgan fingerprint density at radius 3 is 2.87 bits per heavy atom. The molecule has 0 rings (SSSR count). The zero-order chi connectivity index (χ0) is 11.5. The van der Waals surface area contributed by atoms with Crippen LogP contribution in [-0.4, -0.2) is 49.1 Å². The van der Waals surface area contributed by atoms with Gasteiger partial charge >= 0.3 is 0 Å². The average Bonchev–Trinajstić information content (AvgIpc) is 2.23. The Morgan fingerprint density at radius 2 is 2.27 bits per heavy atom. The molecule has 15 heavy (non-hydrogen) atoms. The van der Waals surface area contributed by atoms with E-state index < -0.39 is 6.10 Å². The fraction of sp³-hybridized carbons (Fsp3) is 0.889.